The minimum Gasteiger partial charge on any atom is -0.450 e. The maximum absolute atomic E-state index is 11.0. The highest BCUT2D eigenvalue weighted by atomic mass is 79.9. The van der Waals surface area contributed by atoms with Gasteiger partial charge in [0.05, 0.1) is 16.6 Å². The topological polar surface area (TPSA) is 76.2 Å². The predicted molar refractivity (Wildman–Crippen MR) is 76.8 cm³/mol. The molecule has 0 aliphatic rings. The first-order valence-electron chi connectivity index (χ1n) is 5.64. The third-order valence-corrected chi connectivity index (χ3v) is 3.15. The van der Waals surface area contributed by atoms with E-state index >= 15 is 0 Å². The van der Waals surface area contributed by atoms with Gasteiger partial charge in [-0.05, 0) is 30.7 Å². The second-order valence-corrected chi connectivity index (χ2v) is 4.98. The summed E-state index contributed by atoms with van der Waals surface area (Å²) < 4.78 is 6.41. The van der Waals surface area contributed by atoms with E-state index in [-0.39, 0.29) is 11.4 Å². The van der Waals surface area contributed by atoms with Crippen LogP contribution in [0, 0.1) is 28.4 Å². The zero-order valence-electron chi connectivity index (χ0n) is 10.5. The molecule has 0 fully saturated rings. The van der Waals surface area contributed by atoms with E-state index in [0.717, 1.165) is 10.0 Å². The second kappa shape index (κ2) is 5.72. The molecule has 2 aromatic carbocycles. The van der Waals surface area contributed by atoms with E-state index in [0.29, 0.717) is 11.3 Å². The molecule has 0 atom stereocenters. The van der Waals surface area contributed by atoms with Crippen molar-refractivity contribution in [2.24, 2.45) is 0 Å². The van der Waals surface area contributed by atoms with Crippen molar-refractivity contribution >= 4 is 21.6 Å². The van der Waals surface area contributed by atoms with Crippen LogP contribution in [0.2, 0.25) is 0 Å². The van der Waals surface area contributed by atoms with Crippen molar-refractivity contribution in [2.75, 3.05) is 0 Å². The van der Waals surface area contributed by atoms with Crippen LogP contribution in [0.4, 0.5) is 5.69 Å². The molecule has 0 unspecified atom stereocenters. The Bertz CT molecular complexity index is 723. The molecular weight excluding hydrogens is 324 g/mol. The summed E-state index contributed by atoms with van der Waals surface area (Å²) in [5, 5.41) is 19.9. The maximum Gasteiger partial charge on any atom is 0.311 e. The van der Waals surface area contributed by atoms with Crippen LogP contribution < -0.4 is 4.74 Å². The smallest absolute Gasteiger partial charge is 0.311 e. The molecule has 0 amide bonds. The number of ether oxygens (including phenoxy) is 1. The number of hydrogen-bond donors (Lipinski definition) is 0. The van der Waals surface area contributed by atoms with Gasteiger partial charge in [-0.25, -0.2) is 0 Å². The Hall–Kier alpha value is -2.39. The van der Waals surface area contributed by atoms with E-state index in [1.165, 1.54) is 18.2 Å². The summed E-state index contributed by atoms with van der Waals surface area (Å²) in [6, 6.07) is 11.3. The van der Waals surface area contributed by atoms with Gasteiger partial charge in [-0.3, -0.25) is 10.1 Å². The molecule has 0 N–H and O–H groups in total. The van der Waals surface area contributed by atoms with E-state index in [4.69, 9.17) is 10.00 Å². The van der Waals surface area contributed by atoms with Gasteiger partial charge in [0.2, 0.25) is 5.75 Å². The van der Waals surface area contributed by atoms with Crippen LogP contribution in [0.15, 0.2) is 40.9 Å². The quantitative estimate of drug-likeness (QED) is 0.619. The molecular formula is C14H9BrN2O3. The zero-order valence-corrected chi connectivity index (χ0v) is 12.0. The Kier molecular flexibility index (Phi) is 4.01. The van der Waals surface area contributed by atoms with Gasteiger partial charge >= 0.3 is 5.69 Å². The normalized spacial score (nSPS) is 9.85. The summed E-state index contributed by atoms with van der Waals surface area (Å²) in [4.78, 5) is 10.5. The summed E-state index contributed by atoms with van der Waals surface area (Å²) >= 11 is 3.32. The summed E-state index contributed by atoms with van der Waals surface area (Å²) in [5.74, 6) is 0.549. The van der Waals surface area contributed by atoms with Gasteiger partial charge in [0, 0.05) is 16.6 Å². The molecule has 0 bridgehead atoms. The lowest BCUT2D eigenvalue weighted by Crippen LogP contribution is -1.95. The summed E-state index contributed by atoms with van der Waals surface area (Å²) in [5.41, 5.74) is 0.964. The molecule has 0 aromatic heterocycles. The molecule has 0 spiro atoms. The lowest BCUT2D eigenvalue weighted by Gasteiger charge is -2.09. The van der Waals surface area contributed by atoms with Gasteiger partial charge in [-0.1, -0.05) is 22.0 Å². The van der Waals surface area contributed by atoms with Crippen LogP contribution in [-0.4, -0.2) is 4.92 Å². The number of aryl methyl sites for hydroxylation is 1. The van der Waals surface area contributed by atoms with E-state index < -0.39 is 4.92 Å². The van der Waals surface area contributed by atoms with Crippen LogP contribution >= 0.6 is 15.9 Å². The van der Waals surface area contributed by atoms with Gasteiger partial charge in [0.15, 0.2) is 0 Å². The van der Waals surface area contributed by atoms with Crippen molar-refractivity contribution < 1.29 is 9.66 Å². The summed E-state index contributed by atoms with van der Waals surface area (Å²) in [7, 11) is 0. The van der Waals surface area contributed by atoms with Gasteiger partial charge in [-0.2, -0.15) is 5.26 Å². The SMILES string of the molecule is Cc1ccc(Br)cc1Oc1cc(C#N)ccc1[N+](=O)[O-]. The number of hydrogen-bond acceptors (Lipinski definition) is 4. The molecule has 0 saturated carbocycles. The molecule has 0 saturated heterocycles. The van der Waals surface area contributed by atoms with Crippen molar-refractivity contribution in [3.8, 4) is 17.6 Å². The zero-order chi connectivity index (χ0) is 14.7. The van der Waals surface area contributed by atoms with Crippen LogP contribution in [0.5, 0.6) is 11.5 Å². The molecule has 0 radical (unpaired) electrons. The number of halogens is 1. The van der Waals surface area contributed by atoms with Crippen molar-refractivity contribution in [1.82, 2.24) is 0 Å². The molecule has 6 heteroatoms. The molecule has 20 heavy (non-hydrogen) atoms. The second-order valence-electron chi connectivity index (χ2n) is 4.06. The van der Waals surface area contributed by atoms with Crippen molar-refractivity contribution in [2.45, 2.75) is 6.92 Å². The van der Waals surface area contributed by atoms with Crippen LogP contribution in [0.1, 0.15) is 11.1 Å². The molecule has 0 aliphatic heterocycles. The van der Waals surface area contributed by atoms with E-state index in [1.807, 2.05) is 25.1 Å². The molecule has 0 aliphatic carbocycles. The minimum atomic E-state index is -0.538. The van der Waals surface area contributed by atoms with Crippen LogP contribution in [-0.2, 0) is 0 Å². The Morgan fingerprint density at radius 2 is 2.00 bits per heavy atom. The van der Waals surface area contributed by atoms with Gasteiger partial charge < -0.3 is 4.74 Å². The van der Waals surface area contributed by atoms with Crippen LogP contribution in [0.25, 0.3) is 0 Å². The largest absolute Gasteiger partial charge is 0.450 e. The van der Waals surface area contributed by atoms with Crippen LogP contribution in [0.3, 0.4) is 0 Å². The third kappa shape index (κ3) is 2.95. The fourth-order valence-corrected chi connectivity index (χ4v) is 1.96. The molecule has 5 nitrogen and oxygen atoms in total. The Morgan fingerprint density at radius 3 is 2.65 bits per heavy atom. The first kappa shape index (κ1) is 14.0. The number of benzene rings is 2. The summed E-state index contributed by atoms with van der Waals surface area (Å²) in [6.45, 7) is 1.84. The number of nitriles is 1. The predicted octanol–water partition coefficient (Wildman–Crippen LogP) is 4.33. The number of nitrogens with zero attached hydrogens (tertiary/aromatic N) is 2. The van der Waals surface area contributed by atoms with Crippen molar-refractivity contribution in [3.63, 3.8) is 0 Å². The summed E-state index contributed by atoms with van der Waals surface area (Å²) in [6.07, 6.45) is 0. The standard InChI is InChI=1S/C14H9BrN2O3/c1-9-2-4-11(15)7-13(9)20-14-6-10(8-16)3-5-12(14)17(18)19/h2-7H,1H3. The van der Waals surface area contributed by atoms with E-state index in [1.54, 1.807) is 6.07 Å². The first-order chi connectivity index (χ1) is 9.51. The molecule has 2 aromatic rings. The lowest BCUT2D eigenvalue weighted by atomic mass is 10.2. The lowest BCUT2D eigenvalue weighted by molar-refractivity contribution is -0.385. The van der Waals surface area contributed by atoms with Crippen molar-refractivity contribution in [1.29, 1.82) is 5.26 Å². The fraction of sp³-hybridized carbons (Fsp3) is 0.0714. The monoisotopic (exact) mass is 332 g/mol. The molecule has 0 heterocycles. The van der Waals surface area contributed by atoms with Gasteiger partial charge in [0.1, 0.15) is 5.75 Å². The van der Waals surface area contributed by atoms with Gasteiger partial charge in [0.25, 0.3) is 0 Å². The highest BCUT2D eigenvalue weighted by Crippen LogP contribution is 2.34. The van der Waals surface area contributed by atoms with E-state index in [2.05, 4.69) is 15.9 Å². The maximum atomic E-state index is 11.0. The fourth-order valence-electron chi connectivity index (χ4n) is 1.62. The van der Waals surface area contributed by atoms with Gasteiger partial charge in [-0.15, -0.1) is 0 Å². The third-order valence-electron chi connectivity index (χ3n) is 2.66. The first-order valence-corrected chi connectivity index (χ1v) is 6.43. The number of nitro benzene ring substituents is 1. The Morgan fingerprint density at radius 1 is 1.25 bits per heavy atom. The number of rotatable bonds is 3. The average Bonchev–Trinajstić information content (AvgIpc) is 2.42. The van der Waals surface area contributed by atoms with Crippen molar-refractivity contribution in [3.05, 3.63) is 62.1 Å². The highest BCUT2D eigenvalue weighted by molar-refractivity contribution is 9.10. The average molecular weight is 333 g/mol. The molecule has 100 valence electrons. The Labute approximate surface area is 123 Å². The highest BCUT2D eigenvalue weighted by Gasteiger charge is 2.17. The number of nitro groups is 1. The van der Waals surface area contributed by atoms with E-state index in [9.17, 15) is 10.1 Å². The molecule has 2 rings (SSSR count). The minimum absolute atomic E-state index is 0.0512. The Balaban J connectivity index is 2.49.